The second-order valence-corrected chi connectivity index (χ2v) is 11.1. The molecule has 2 aliphatic rings. The minimum absolute atomic E-state index is 0.156. The van der Waals surface area contributed by atoms with Gasteiger partial charge in [-0.1, -0.05) is 55.7 Å². The summed E-state index contributed by atoms with van der Waals surface area (Å²) in [5, 5.41) is 11.5. The van der Waals surface area contributed by atoms with Gasteiger partial charge in [0.25, 0.3) is 5.91 Å². The van der Waals surface area contributed by atoms with E-state index in [2.05, 4.69) is 34.6 Å². The van der Waals surface area contributed by atoms with Gasteiger partial charge in [0.05, 0.1) is 10.6 Å². The van der Waals surface area contributed by atoms with E-state index in [-0.39, 0.29) is 5.91 Å². The second kappa shape index (κ2) is 12.9. The Kier molecular flexibility index (Phi) is 8.84. The largest absolute Gasteiger partial charge is 0.489 e. The van der Waals surface area contributed by atoms with Crippen LogP contribution in [-0.4, -0.2) is 40.0 Å². The van der Waals surface area contributed by atoms with Gasteiger partial charge in [0.15, 0.2) is 5.17 Å². The van der Waals surface area contributed by atoms with Gasteiger partial charge in [-0.05, 0) is 89.7 Å². The smallest absolute Gasteiger partial charge is 0.394 e. The van der Waals surface area contributed by atoms with E-state index >= 15 is 0 Å². The van der Waals surface area contributed by atoms with Crippen molar-refractivity contribution in [2.45, 2.75) is 44.6 Å². The summed E-state index contributed by atoms with van der Waals surface area (Å²) in [6.45, 7) is 0.497. The Morgan fingerprint density at radius 2 is 1.68 bits per heavy atom. The summed E-state index contributed by atoms with van der Waals surface area (Å²) in [6.07, 6.45) is 8.43. The fraction of sp³-hybridized carbons (Fsp3) is 0.250. The number of hydrogen-bond donors (Lipinski definition) is 2. The number of amidine groups is 1. The molecule has 2 N–H and O–H groups in total. The molecular weight excluding hydrogens is 538 g/mol. The molecule has 1 heterocycles. The highest BCUT2D eigenvalue weighted by molar-refractivity contribution is 8.18. The molecule has 9 heteroatoms. The van der Waals surface area contributed by atoms with Gasteiger partial charge < -0.3 is 15.2 Å². The predicted octanol–water partition coefficient (Wildman–Crippen LogP) is 6.57. The maximum atomic E-state index is 12.8. The lowest BCUT2D eigenvalue weighted by Gasteiger charge is -2.22. The number of carboxylic acid groups (broad SMARTS) is 1. The number of carbonyl (C=O) groups is 3. The Hall–Kier alpha value is -4.37. The maximum absolute atomic E-state index is 12.8. The van der Waals surface area contributed by atoms with Crippen molar-refractivity contribution in [1.82, 2.24) is 4.90 Å². The molecule has 41 heavy (non-hydrogen) atoms. The Morgan fingerprint density at radius 1 is 1.00 bits per heavy atom. The lowest BCUT2D eigenvalue weighted by Crippen LogP contribution is -2.23. The maximum Gasteiger partial charge on any atom is 0.394 e. The Morgan fingerprint density at radius 3 is 2.34 bits per heavy atom. The number of carboxylic acids is 1. The van der Waals surface area contributed by atoms with E-state index in [4.69, 9.17) is 9.84 Å². The summed E-state index contributed by atoms with van der Waals surface area (Å²) in [6, 6.07) is 22.8. The molecule has 5 rings (SSSR count). The topological polar surface area (TPSA) is 108 Å². The number of rotatable bonds is 7. The third-order valence-electron chi connectivity index (χ3n) is 7.19. The number of benzene rings is 3. The summed E-state index contributed by atoms with van der Waals surface area (Å²) in [5.74, 6) is -1.38. The Labute approximate surface area is 243 Å². The number of likely N-dealkylation sites (N-methyl/N-ethyl adjacent to an activating group) is 1. The van der Waals surface area contributed by atoms with E-state index in [0.29, 0.717) is 34.0 Å². The summed E-state index contributed by atoms with van der Waals surface area (Å²) >= 11 is 1.27. The summed E-state index contributed by atoms with van der Waals surface area (Å²) < 4.78 is 5.99. The van der Waals surface area contributed by atoms with Crippen LogP contribution in [0.15, 0.2) is 82.7 Å². The fourth-order valence-electron chi connectivity index (χ4n) is 4.87. The molecule has 2 amide bonds. The molecule has 210 valence electrons. The van der Waals surface area contributed by atoms with Crippen molar-refractivity contribution in [3.63, 3.8) is 0 Å². The first-order valence-electron chi connectivity index (χ1n) is 13.6. The zero-order valence-electron chi connectivity index (χ0n) is 22.7. The van der Waals surface area contributed by atoms with Crippen molar-refractivity contribution in [3.8, 4) is 5.75 Å². The van der Waals surface area contributed by atoms with Crippen molar-refractivity contribution < 1.29 is 24.2 Å². The van der Waals surface area contributed by atoms with Gasteiger partial charge in [0.2, 0.25) is 0 Å². The molecule has 8 nitrogen and oxygen atoms in total. The van der Waals surface area contributed by atoms with Gasteiger partial charge >= 0.3 is 11.9 Å². The number of aliphatic imine (C=N–C) groups is 1. The van der Waals surface area contributed by atoms with Crippen LogP contribution < -0.4 is 10.1 Å². The standard InChI is InChI=1S/C32H31N3O5S/c1-35-30(37)28(41-32(35)34-26-15-13-25(14-16-26)33-29(36)31(38)39)19-21-9-17-27(18-10-21)40-20-22-7-11-24(12-8-22)23-5-3-2-4-6-23/h7-19,23H,2-6,20H2,1H3,(H,33,36)(H,38,39)/b28-19+,34-32?. The molecule has 0 atom stereocenters. The molecule has 1 aliphatic heterocycles. The number of nitrogens with one attached hydrogen (secondary N) is 1. The van der Waals surface area contributed by atoms with Crippen molar-refractivity contribution >= 4 is 52.2 Å². The molecular formula is C32H31N3O5S. The quantitative estimate of drug-likeness (QED) is 0.246. The van der Waals surface area contributed by atoms with Crippen LogP contribution in [0, 0.1) is 0 Å². The van der Waals surface area contributed by atoms with Crippen molar-refractivity contribution in [1.29, 1.82) is 0 Å². The van der Waals surface area contributed by atoms with Gasteiger partial charge in [-0.15, -0.1) is 0 Å². The molecule has 1 saturated heterocycles. The van der Waals surface area contributed by atoms with Crippen molar-refractivity contribution in [2.75, 3.05) is 12.4 Å². The average molecular weight is 570 g/mol. The molecule has 1 saturated carbocycles. The molecule has 0 radical (unpaired) electrons. The Balaban J connectivity index is 1.17. The number of hydrogen-bond acceptors (Lipinski definition) is 6. The van der Waals surface area contributed by atoms with E-state index < -0.39 is 11.9 Å². The normalized spacial score (nSPS) is 17.7. The molecule has 2 fully saturated rings. The summed E-state index contributed by atoms with van der Waals surface area (Å²) in [7, 11) is 1.66. The highest BCUT2D eigenvalue weighted by Gasteiger charge is 2.30. The zero-order valence-corrected chi connectivity index (χ0v) is 23.5. The number of ether oxygens (including phenoxy) is 1. The number of anilines is 1. The SMILES string of the molecule is CN1C(=O)/C(=C\c2ccc(OCc3ccc(C4CCCCC4)cc3)cc2)SC1=Nc1ccc(NC(=O)C(=O)O)cc1. The molecule has 0 spiro atoms. The van der Waals surface area contributed by atoms with Gasteiger partial charge in [-0.2, -0.15) is 0 Å². The van der Waals surface area contributed by atoms with E-state index in [9.17, 15) is 14.4 Å². The monoisotopic (exact) mass is 569 g/mol. The number of thioether (sulfide) groups is 1. The fourth-order valence-corrected chi connectivity index (χ4v) is 5.85. The number of aliphatic carboxylic acids is 1. The van der Waals surface area contributed by atoms with Gasteiger partial charge in [0.1, 0.15) is 12.4 Å². The minimum atomic E-state index is -1.56. The van der Waals surface area contributed by atoms with E-state index in [1.54, 1.807) is 31.3 Å². The molecule has 0 bridgehead atoms. The predicted molar refractivity (Wildman–Crippen MR) is 161 cm³/mol. The van der Waals surface area contributed by atoms with Crippen molar-refractivity contribution in [2.24, 2.45) is 4.99 Å². The first kappa shape index (κ1) is 28.2. The summed E-state index contributed by atoms with van der Waals surface area (Å²) in [5.41, 5.74) is 4.35. The van der Waals surface area contributed by atoms with Crippen LogP contribution in [0.2, 0.25) is 0 Å². The van der Waals surface area contributed by atoms with E-state index in [1.807, 2.05) is 30.3 Å². The second-order valence-electron chi connectivity index (χ2n) is 10.1. The average Bonchev–Trinajstić information content (AvgIpc) is 3.25. The lowest BCUT2D eigenvalue weighted by atomic mass is 9.84. The highest BCUT2D eigenvalue weighted by Crippen LogP contribution is 2.34. The number of nitrogens with zero attached hydrogens (tertiary/aromatic N) is 2. The highest BCUT2D eigenvalue weighted by atomic mass is 32.2. The van der Waals surface area contributed by atoms with Crippen LogP contribution in [0.4, 0.5) is 11.4 Å². The van der Waals surface area contributed by atoms with Crippen LogP contribution >= 0.6 is 11.8 Å². The van der Waals surface area contributed by atoms with Crippen molar-refractivity contribution in [3.05, 3.63) is 94.4 Å². The molecule has 0 aromatic heterocycles. The third kappa shape index (κ3) is 7.24. The van der Waals surface area contributed by atoms with Crippen LogP contribution in [-0.2, 0) is 21.0 Å². The lowest BCUT2D eigenvalue weighted by molar-refractivity contribution is -0.147. The molecule has 3 aromatic rings. The van der Waals surface area contributed by atoms with Gasteiger partial charge in [-0.3, -0.25) is 14.5 Å². The zero-order chi connectivity index (χ0) is 28.8. The molecule has 1 aliphatic carbocycles. The van der Waals surface area contributed by atoms with Gasteiger partial charge in [0, 0.05) is 12.7 Å². The van der Waals surface area contributed by atoms with Crippen LogP contribution in [0.5, 0.6) is 5.75 Å². The first-order chi connectivity index (χ1) is 19.9. The van der Waals surface area contributed by atoms with Crippen LogP contribution in [0.25, 0.3) is 6.08 Å². The number of carbonyl (C=O) groups excluding carboxylic acids is 2. The first-order valence-corrected chi connectivity index (χ1v) is 14.4. The van der Waals surface area contributed by atoms with Crippen LogP contribution in [0.3, 0.4) is 0 Å². The molecule has 3 aromatic carbocycles. The van der Waals surface area contributed by atoms with E-state index in [0.717, 1.165) is 16.9 Å². The van der Waals surface area contributed by atoms with Crippen LogP contribution in [0.1, 0.15) is 54.7 Å². The van der Waals surface area contributed by atoms with Gasteiger partial charge in [-0.25, -0.2) is 9.79 Å². The third-order valence-corrected chi connectivity index (χ3v) is 8.25. The Bertz CT molecular complexity index is 1480. The summed E-state index contributed by atoms with van der Waals surface area (Å²) in [4.78, 5) is 41.4. The molecule has 0 unspecified atom stereocenters. The minimum Gasteiger partial charge on any atom is -0.489 e. The number of amides is 2. The van der Waals surface area contributed by atoms with E-state index in [1.165, 1.54) is 54.3 Å².